The number of rotatable bonds is 4. The number of aromatic nitrogens is 5. The molecule has 22 heavy (non-hydrogen) atoms. The van der Waals surface area contributed by atoms with Gasteiger partial charge in [-0.2, -0.15) is 0 Å². The molecule has 2 heterocycles. The summed E-state index contributed by atoms with van der Waals surface area (Å²) in [6, 6.07) is 10.2. The lowest BCUT2D eigenvalue weighted by molar-refractivity contribution is 0.399. The molecule has 1 N–H and O–H groups in total. The summed E-state index contributed by atoms with van der Waals surface area (Å²) >= 11 is 0. The lowest BCUT2D eigenvalue weighted by Crippen LogP contribution is -2.11. The van der Waals surface area contributed by atoms with Crippen LogP contribution in [0.3, 0.4) is 0 Å². The Morgan fingerprint density at radius 2 is 1.86 bits per heavy atom. The van der Waals surface area contributed by atoms with Crippen molar-refractivity contribution in [2.24, 2.45) is 0 Å². The highest BCUT2D eigenvalue weighted by Crippen LogP contribution is 2.22. The normalized spacial score (nSPS) is 11.6. The fourth-order valence-corrected chi connectivity index (χ4v) is 1.85. The van der Waals surface area contributed by atoms with Gasteiger partial charge < -0.3 is 9.73 Å². The van der Waals surface area contributed by atoms with Gasteiger partial charge in [-0.05, 0) is 12.1 Å². The van der Waals surface area contributed by atoms with Crippen LogP contribution in [0.15, 0.2) is 40.9 Å². The maximum Gasteiger partial charge on any atom is 0.315 e. The summed E-state index contributed by atoms with van der Waals surface area (Å²) in [5, 5.41) is 19.3. The van der Waals surface area contributed by atoms with E-state index in [0.717, 1.165) is 11.4 Å². The van der Waals surface area contributed by atoms with Gasteiger partial charge in [-0.25, -0.2) is 4.68 Å². The first-order valence-electron chi connectivity index (χ1n) is 7.07. The molecule has 0 saturated heterocycles. The van der Waals surface area contributed by atoms with E-state index in [2.05, 4.69) is 25.8 Å². The minimum Gasteiger partial charge on any atom is -0.408 e. The molecule has 7 nitrogen and oxygen atoms in total. The molecule has 0 aliphatic rings. The van der Waals surface area contributed by atoms with E-state index in [1.54, 1.807) is 4.68 Å². The van der Waals surface area contributed by atoms with Crippen LogP contribution in [0.5, 0.6) is 0 Å². The minimum absolute atomic E-state index is 0.163. The number of para-hydroxylation sites is 1. The molecule has 7 heteroatoms. The molecule has 0 bridgehead atoms. The van der Waals surface area contributed by atoms with Crippen molar-refractivity contribution in [1.82, 2.24) is 25.2 Å². The number of nitrogens with one attached hydrogen (secondary N) is 1. The van der Waals surface area contributed by atoms with Gasteiger partial charge in [0.15, 0.2) is 0 Å². The van der Waals surface area contributed by atoms with Gasteiger partial charge in [0.1, 0.15) is 5.69 Å². The SMILES string of the molecule is CC(C)(C)c1nnc(NCc2cn(-c3ccccc3)nn2)o1. The Morgan fingerprint density at radius 3 is 2.55 bits per heavy atom. The van der Waals surface area contributed by atoms with Crippen molar-refractivity contribution in [3.63, 3.8) is 0 Å². The van der Waals surface area contributed by atoms with Crippen LogP contribution in [0.1, 0.15) is 32.4 Å². The molecule has 0 atom stereocenters. The van der Waals surface area contributed by atoms with Crippen molar-refractivity contribution in [3.05, 3.63) is 48.1 Å². The van der Waals surface area contributed by atoms with E-state index in [1.807, 2.05) is 57.3 Å². The molecule has 114 valence electrons. The van der Waals surface area contributed by atoms with Crippen molar-refractivity contribution >= 4 is 6.01 Å². The summed E-state index contributed by atoms with van der Waals surface area (Å²) in [4.78, 5) is 0. The van der Waals surface area contributed by atoms with Gasteiger partial charge in [0.25, 0.3) is 0 Å². The van der Waals surface area contributed by atoms with Crippen LogP contribution in [-0.4, -0.2) is 25.2 Å². The first kappa shape index (κ1) is 14.2. The third-order valence-electron chi connectivity index (χ3n) is 3.05. The Labute approximate surface area is 128 Å². The second-order valence-electron chi connectivity index (χ2n) is 6.01. The summed E-state index contributed by atoms with van der Waals surface area (Å²) in [6.45, 7) is 6.54. The summed E-state index contributed by atoms with van der Waals surface area (Å²) in [7, 11) is 0. The van der Waals surface area contributed by atoms with E-state index in [4.69, 9.17) is 4.42 Å². The molecule has 1 aromatic carbocycles. The number of nitrogens with zero attached hydrogens (tertiary/aromatic N) is 5. The van der Waals surface area contributed by atoms with Gasteiger partial charge in [-0.15, -0.1) is 10.2 Å². The zero-order valence-corrected chi connectivity index (χ0v) is 12.8. The average Bonchev–Trinajstić information content (AvgIpc) is 3.15. The van der Waals surface area contributed by atoms with Crippen LogP contribution >= 0.6 is 0 Å². The van der Waals surface area contributed by atoms with E-state index >= 15 is 0 Å². The molecule has 0 aliphatic heterocycles. The molecule has 0 radical (unpaired) electrons. The Morgan fingerprint density at radius 1 is 1.09 bits per heavy atom. The third-order valence-corrected chi connectivity index (χ3v) is 3.05. The first-order chi connectivity index (χ1) is 10.5. The predicted octanol–water partition coefficient (Wildman–Crippen LogP) is 2.56. The van der Waals surface area contributed by atoms with Gasteiger partial charge in [-0.1, -0.05) is 49.3 Å². The Kier molecular flexibility index (Phi) is 3.62. The molecular formula is C15H18N6O. The Bertz CT molecular complexity index is 741. The number of hydrogen-bond acceptors (Lipinski definition) is 6. The monoisotopic (exact) mass is 298 g/mol. The van der Waals surface area contributed by atoms with Gasteiger partial charge in [0.2, 0.25) is 5.89 Å². The zero-order valence-electron chi connectivity index (χ0n) is 12.8. The second kappa shape index (κ2) is 5.59. The summed E-state index contributed by atoms with van der Waals surface area (Å²) in [5.74, 6) is 0.600. The maximum atomic E-state index is 5.57. The van der Waals surface area contributed by atoms with Crippen LogP contribution in [-0.2, 0) is 12.0 Å². The van der Waals surface area contributed by atoms with E-state index in [-0.39, 0.29) is 5.41 Å². The van der Waals surface area contributed by atoms with E-state index in [1.165, 1.54) is 0 Å². The minimum atomic E-state index is -0.163. The molecule has 0 fully saturated rings. The topological polar surface area (TPSA) is 81.7 Å². The van der Waals surface area contributed by atoms with Gasteiger partial charge in [-0.3, -0.25) is 0 Å². The molecule has 0 amide bonds. The van der Waals surface area contributed by atoms with Crippen LogP contribution in [0.25, 0.3) is 5.69 Å². The van der Waals surface area contributed by atoms with Gasteiger partial charge in [0.05, 0.1) is 18.4 Å². The van der Waals surface area contributed by atoms with Crippen LogP contribution < -0.4 is 5.32 Å². The van der Waals surface area contributed by atoms with E-state index in [9.17, 15) is 0 Å². The molecule has 3 aromatic rings. The average molecular weight is 298 g/mol. The van der Waals surface area contributed by atoms with Crippen molar-refractivity contribution in [2.75, 3.05) is 5.32 Å². The van der Waals surface area contributed by atoms with Crippen molar-refractivity contribution in [2.45, 2.75) is 32.7 Å². The van der Waals surface area contributed by atoms with Crippen LogP contribution in [0.4, 0.5) is 6.01 Å². The van der Waals surface area contributed by atoms with E-state index < -0.39 is 0 Å². The summed E-state index contributed by atoms with van der Waals surface area (Å²) < 4.78 is 7.30. The lowest BCUT2D eigenvalue weighted by atomic mass is 9.97. The van der Waals surface area contributed by atoms with Crippen LogP contribution in [0, 0.1) is 0 Å². The molecule has 0 unspecified atom stereocenters. The summed E-state index contributed by atoms with van der Waals surface area (Å²) in [5.41, 5.74) is 1.59. The molecule has 2 aromatic heterocycles. The smallest absolute Gasteiger partial charge is 0.315 e. The summed E-state index contributed by atoms with van der Waals surface area (Å²) in [6.07, 6.45) is 1.86. The highest BCUT2D eigenvalue weighted by atomic mass is 16.4. The Hall–Kier alpha value is -2.70. The van der Waals surface area contributed by atoms with Gasteiger partial charge in [0, 0.05) is 5.41 Å². The number of anilines is 1. The quantitative estimate of drug-likeness (QED) is 0.797. The van der Waals surface area contributed by atoms with Gasteiger partial charge >= 0.3 is 6.01 Å². The van der Waals surface area contributed by atoms with E-state index in [0.29, 0.717) is 18.5 Å². The maximum absolute atomic E-state index is 5.57. The predicted molar refractivity (Wildman–Crippen MR) is 81.7 cm³/mol. The fourth-order valence-electron chi connectivity index (χ4n) is 1.85. The molecule has 0 aliphatic carbocycles. The first-order valence-corrected chi connectivity index (χ1v) is 7.07. The highest BCUT2D eigenvalue weighted by Gasteiger charge is 2.21. The van der Waals surface area contributed by atoms with Crippen molar-refractivity contribution in [1.29, 1.82) is 0 Å². The fraction of sp³-hybridized carbons (Fsp3) is 0.333. The second-order valence-corrected chi connectivity index (χ2v) is 6.01. The van der Waals surface area contributed by atoms with Crippen molar-refractivity contribution in [3.8, 4) is 5.69 Å². The molecular weight excluding hydrogens is 280 g/mol. The Balaban J connectivity index is 1.65. The van der Waals surface area contributed by atoms with Crippen molar-refractivity contribution < 1.29 is 4.42 Å². The largest absolute Gasteiger partial charge is 0.408 e. The third kappa shape index (κ3) is 3.13. The molecule has 0 spiro atoms. The zero-order chi connectivity index (χ0) is 15.6. The number of hydrogen-bond donors (Lipinski definition) is 1. The highest BCUT2D eigenvalue weighted by molar-refractivity contribution is 5.30. The van der Waals surface area contributed by atoms with Crippen LogP contribution in [0.2, 0.25) is 0 Å². The standard InChI is InChI=1S/C15H18N6O/c1-15(2,3)13-18-19-14(22-13)16-9-11-10-21(20-17-11)12-7-5-4-6-8-12/h4-8,10H,9H2,1-3H3,(H,16,19). The number of benzene rings is 1. The molecule has 0 saturated carbocycles. The lowest BCUT2D eigenvalue weighted by Gasteiger charge is -2.10. The molecule has 3 rings (SSSR count).